The lowest BCUT2D eigenvalue weighted by Gasteiger charge is -2.43. The molecule has 7 heteroatoms. The fraction of sp³-hybridized carbons (Fsp3) is 0.429. The Hall–Kier alpha value is -2.80. The summed E-state index contributed by atoms with van der Waals surface area (Å²) in [6.45, 7) is 4.33. The van der Waals surface area contributed by atoms with Crippen LogP contribution in [-0.2, 0) is 23.2 Å². The van der Waals surface area contributed by atoms with Gasteiger partial charge in [0.05, 0.1) is 12.3 Å². The van der Waals surface area contributed by atoms with E-state index in [1.54, 1.807) is 0 Å². The van der Waals surface area contributed by atoms with Crippen LogP contribution in [-0.4, -0.2) is 39.9 Å². The number of benzene rings is 1. The van der Waals surface area contributed by atoms with Crippen LogP contribution in [0, 0.1) is 0 Å². The van der Waals surface area contributed by atoms with E-state index < -0.39 is 0 Å². The quantitative estimate of drug-likeness (QED) is 0.694. The average Bonchev–Trinajstić information content (AvgIpc) is 3.24. The third-order valence-electron chi connectivity index (χ3n) is 5.68. The Morgan fingerprint density at radius 2 is 1.93 bits per heavy atom. The van der Waals surface area contributed by atoms with Crippen LogP contribution in [0.15, 0.2) is 40.9 Å². The van der Waals surface area contributed by atoms with Crippen molar-refractivity contribution in [2.75, 3.05) is 24.6 Å². The predicted molar refractivity (Wildman–Crippen MR) is 104 cm³/mol. The van der Waals surface area contributed by atoms with Gasteiger partial charge < -0.3 is 14.1 Å². The van der Waals surface area contributed by atoms with Crippen LogP contribution in [0.2, 0.25) is 0 Å². The second-order valence-electron chi connectivity index (χ2n) is 7.35. The van der Waals surface area contributed by atoms with Gasteiger partial charge in [-0.25, -0.2) is 9.97 Å². The highest BCUT2D eigenvalue weighted by Gasteiger charge is 2.43. The lowest BCUT2D eigenvalue weighted by molar-refractivity contribution is -0.0804. The fourth-order valence-electron chi connectivity index (χ4n) is 4.09. The van der Waals surface area contributed by atoms with Crippen molar-refractivity contribution in [3.63, 3.8) is 0 Å². The molecule has 3 aromatic rings. The van der Waals surface area contributed by atoms with E-state index in [-0.39, 0.29) is 5.60 Å². The zero-order chi connectivity index (χ0) is 19.0. The van der Waals surface area contributed by atoms with Gasteiger partial charge in [0.1, 0.15) is 5.60 Å². The summed E-state index contributed by atoms with van der Waals surface area (Å²) >= 11 is 0. The highest BCUT2D eigenvalue weighted by Crippen LogP contribution is 2.41. The summed E-state index contributed by atoms with van der Waals surface area (Å²) in [5, 5.41) is 8.27. The zero-order valence-corrected chi connectivity index (χ0v) is 16.0. The van der Waals surface area contributed by atoms with Gasteiger partial charge in [0.15, 0.2) is 5.82 Å². The molecule has 28 heavy (non-hydrogen) atoms. The number of fused-ring (bicyclic) bond motifs is 2. The molecule has 0 N–H and O–H groups in total. The molecule has 0 atom stereocenters. The highest BCUT2D eigenvalue weighted by atomic mass is 16.5. The highest BCUT2D eigenvalue weighted by molar-refractivity contribution is 5.55. The Morgan fingerprint density at radius 1 is 1.11 bits per heavy atom. The van der Waals surface area contributed by atoms with Crippen LogP contribution < -0.4 is 4.90 Å². The lowest BCUT2D eigenvalue weighted by Crippen LogP contribution is -2.47. The molecule has 0 aliphatic carbocycles. The molecule has 1 saturated heterocycles. The van der Waals surface area contributed by atoms with Gasteiger partial charge in [0.2, 0.25) is 5.89 Å². The third-order valence-corrected chi connectivity index (χ3v) is 5.68. The summed E-state index contributed by atoms with van der Waals surface area (Å²) in [4.78, 5) is 11.7. The lowest BCUT2D eigenvalue weighted by atomic mass is 9.83. The molecular formula is C21H23N5O2. The van der Waals surface area contributed by atoms with Crippen LogP contribution in [0.25, 0.3) is 11.4 Å². The van der Waals surface area contributed by atoms with Gasteiger partial charge in [-0.05, 0) is 24.8 Å². The monoisotopic (exact) mass is 377 g/mol. The van der Waals surface area contributed by atoms with Crippen molar-refractivity contribution in [1.29, 1.82) is 0 Å². The number of aryl methyl sites for hydroxylation is 1. The van der Waals surface area contributed by atoms with Crippen molar-refractivity contribution in [2.24, 2.45) is 0 Å². The van der Waals surface area contributed by atoms with Gasteiger partial charge >= 0.3 is 6.01 Å². The summed E-state index contributed by atoms with van der Waals surface area (Å²) in [5.74, 6) is 1.44. The molecule has 144 valence electrons. The number of anilines is 1. The Kier molecular flexibility index (Phi) is 4.31. The van der Waals surface area contributed by atoms with Gasteiger partial charge in [-0.15, -0.1) is 5.10 Å². The van der Waals surface area contributed by atoms with E-state index in [9.17, 15) is 0 Å². The van der Waals surface area contributed by atoms with Gasteiger partial charge in [0.25, 0.3) is 0 Å². The minimum Gasteiger partial charge on any atom is -0.408 e. The van der Waals surface area contributed by atoms with Crippen molar-refractivity contribution in [3.05, 3.63) is 53.7 Å². The predicted octanol–water partition coefficient (Wildman–Crippen LogP) is 3.16. The summed E-state index contributed by atoms with van der Waals surface area (Å²) in [7, 11) is 0. The molecule has 4 heterocycles. The maximum absolute atomic E-state index is 6.35. The molecule has 0 bridgehead atoms. The molecule has 1 spiro atoms. The van der Waals surface area contributed by atoms with E-state index in [0.717, 1.165) is 55.9 Å². The summed E-state index contributed by atoms with van der Waals surface area (Å²) in [6, 6.07) is 10.7. The maximum atomic E-state index is 6.35. The Labute approximate surface area is 163 Å². The standard InChI is InChI=1S/C21H23N5O2/c1-2-17-24-25-20(28-17)26-11-9-21(10-12-26)18-16(8-13-27-21)14-22-19(23-18)15-6-4-3-5-7-15/h3-7,14H,2,8-13H2,1H3. The third kappa shape index (κ3) is 2.96. The number of hydrogen-bond acceptors (Lipinski definition) is 7. The van der Waals surface area contributed by atoms with Crippen molar-refractivity contribution >= 4 is 6.01 Å². The average molecular weight is 377 g/mol. The molecule has 1 fully saturated rings. The summed E-state index contributed by atoms with van der Waals surface area (Å²) < 4.78 is 12.1. The first-order chi connectivity index (χ1) is 13.8. The molecule has 0 radical (unpaired) electrons. The molecule has 0 saturated carbocycles. The number of nitrogens with zero attached hydrogens (tertiary/aromatic N) is 5. The normalized spacial score (nSPS) is 18.2. The van der Waals surface area contributed by atoms with E-state index in [0.29, 0.717) is 18.5 Å². The molecule has 1 aromatic carbocycles. The topological polar surface area (TPSA) is 77.2 Å². The van der Waals surface area contributed by atoms with Crippen LogP contribution in [0.1, 0.15) is 36.9 Å². The molecule has 2 aromatic heterocycles. The SMILES string of the molecule is CCc1nnc(N2CCC3(CC2)OCCc2cnc(-c4ccccc4)nc23)o1. The van der Waals surface area contributed by atoms with E-state index >= 15 is 0 Å². The number of ether oxygens (including phenoxy) is 1. The van der Waals surface area contributed by atoms with Crippen molar-refractivity contribution in [1.82, 2.24) is 20.2 Å². The van der Waals surface area contributed by atoms with Gasteiger partial charge in [-0.1, -0.05) is 42.4 Å². The second kappa shape index (κ2) is 6.98. The van der Waals surface area contributed by atoms with E-state index in [1.807, 2.05) is 43.5 Å². The maximum Gasteiger partial charge on any atom is 0.318 e. The molecule has 5 rings (SSSR count). The van der Waals surface area contributed by atoms with E-state index in [2.05, 4.69) is 20.1 Å². The Morgan fingerprint density at radius 3 is 2.68 bits per heavy atom. The Bertz CT molecular complexity index is 964. The van der Waals surface area contributed by atoms with Crippen molar-refractivity contribution in [3.8, 4) is 11.4 Å². The van der Waals surface area contributed by atoms with Crippen molar-refractivity contribution < 1.29 is 9.15 Å². The number of hydrogen-bond donors (Lipinski definition) is 0. The van der Waals surface area contributed by atoms with Crippen LogP contribution >= 0.6 is 0 Å². The molecular weight excluding hydrogens is 354 g/mol. The van der Waals surface area contributed by atoms with Crippen molar-refractivity contribution in [2.45, 2.75) is 38.2 Å². The smallest absolute Gasteiger partial charge is 0.318 e. The molecule has 0 amide bonds. The Balaban J connectivity index is 1.43. The fourth-order valence-corrected chi connectivity index (χ4v) is 4.09. The van der Waals surface area contributed by atoms with Crippen LogP contribution in [0.5, 0.6) is 0 Å². The van der Waals surface area contributed by atoms with E-state index in [1.165, 1.54) is 5.56 Å². The number of rotatable bonds is 3. The zero-order valence-electron chi connectivity index (χ0n) is 16.0. The van der Waals surface area contributed by atoms with Gasteiger partial charge in [0, 0.05) is 31.3 Å². The van der Waals surface area contributed by atoms with Gasteiger partial charge in [-0.3, -0.25) is 0 Å². The number of piperidine rings is 1. The second-order valence-corrected chi connectivity index (χ2v) is 7.35. The van der Waals surface area contributed by atoms with Crippen LogP contribution in [0.3, 0.4) is 0 Å². The molecule has 2 aliphatic rings. The largest absolute Gasteiger partial charge is 0.408 e. The minimum atomic E-state index is -0.357. The minimum absolute atomic E-state index is 0.357. The number of aromatic nitrogens is 4. The first kappa shape index (κ1) is 17.3. The van der Waals surface area contributed by atoms with Gasteiger partial charge in [-0.2, -0.15) is 0 Å². The summed E-state index contributed by atoms with van der Waals surface area (Å²) in [6.07, 6.45) is 5.27. The van der Waals surface area contributed by atoms with Crippen LogP contribution in [0.4, 0.5) is 6.01 Å². The summed E-state index contributed by atoms with van der Waals surface area (Å²) in [5.41, 5.74) is 2.92. The molecule has 7 nitrogen and oxygen atoms in total. The molecule has 2 aliphatic heterocycles. The first-order valence-electron chi connectivity index (χ1n) is 9.90. The van der Waals surface area contributed by atoms with E-state index in [4.69, 9.17) is 14.1 Å². The molecule has 0 unspecified atom stereocenters. The first-order valence-corrected chi connectivity index (χ1v) is 9.90.